The van der Waals surface area contributed by atoms with Gasteiger partial charge in [0.05, 0.1) is 10.5 Å². The van der Waals surface area contributed by atoms with Crippen molar-refractivity contribution in [1.82, 2.24) is 15.4 Å². The highest BCUT2D eigenvalue weighted by atomic mass is 32.2. The minimum Gasteiger partial charge on any atom is -0.452 e. The quantitative estimate of drug-likeness (QED) is 0.560. The van der Waals surface area contributed by atoms with Crippen LogP contribution in [0, 0.1) is 0 Å². The largest absolute Gasteiger partial charge is 0.452 e. The van der Waals surface area contributed by atoms with Crippen LogP contribution in [-0.4, -0.2) is 44.5 Å². The Morgan fingerprint density at radius 1 is 1.13 bits per heavy atom. The number of alkyl halides is 3. The summed E-state index contributed by atoms with van der Waals surface area (Å²) in [4.78, 5) is 34.5. The van der Waals surface area contributed by atoms with E-state index in [0.29, 0.717) is 12.1 Å². The molecule has 168 valence electrons. The highest BCUT2D eigenvalue weighted by Gasteiger charge is 2.32. The smallest absolute Gasteiger partial charge is 0.416 e. The van der Waals surface area contributed by atoms with E-state index in [-0.39, 0.29) is 0 Å². The number of hydrogen-bond donors (Lipinski definition) is 3. The van der Waals surface area contributed by atoms with Gasteiger partial charge in [-0.15, -0.1) is 0 Å². The first-order valence-electron chi connectivity index (χ1n) is 8.51. The Hall–Kier alpha value is -2.67. The molecule has 0 aliphatic carbocycles. The van der Waals surface area contributed by atoms with Crippen molar-refractivity contribution in [3.8, 4) is 0 Å². The third-order valence-electron chi connectivity index (χ3n) is 3.28. The highest BCUT2D eigenvalue weighted by Crippen LogP contribution is 2.30. The summed E-state index contributed by atoms with van der Waals surface area (Å²) in [6.45, 7) is 5.24. The molecule has 1 atom stereocenters. The molecular formula is C17H22F3N3O6S. The van der Waals surface area contributed by atoms with E-state index in [1.165, 1.54) is 0 Å². The van der Waals surface area contributed by atoms with Gasteiger partial charge in [-0.25, -0.2) is 13.2 Å². The van der Waals surface area contributed by atoms with Crippen molar-refractivity contribution < 1.29 is 40.7 Å². The average molecular weight is 453 g/mol. The second-order valence-electron chi connectivity index (χ2n) is 7.18. The molecule has 1 rings (SSSR count). The van der Waals surface area contributed by atoms with E-state index >= 15 is 0 Å². The molecule has 0 heterocycles. The monoisotopic (exact) mass is 453 g/mol. The number of nitrogens with one attached hydrogen (secondary N) is 3. The number of benzene rings is 1. The van der Waals surface area contributed by atoms with Crippen LogP contribution in [0.1, 0.15) is 33.3 Å². The minimum atomic E-state index is -4.74. The van der Waals surface area contributed by atoms with E-state index in [9.17, 15) is 36.0 Å². The number of ether oxygens (including phenoxy) is 1. The predicted molar refractivity (Wildman–Crippen MR) is 98.6 cm³/mol. The van der Waals surface area contributed by atoms with Crippen molar-refractivity contribution in [2.45, 2.75) is 50.4 Å². The standard InChI is InChI=1S/C17H22F3N3O6S/c1-10(14(25)22-15(26)23-16(2,3)4)29-13(24)9-21-30(27,28)12-7-5-6-11(8-12)17(18,19)20/h5-8,10,21H,9H2,1-4H3,(H2,22,23,25,26). The van der Waals surface area contributed by atoms with Crippen LogP contribution in [0.4, 0.5) is 18.0 Å². The van der Waals surface area contributed by atoms with Gasteiger partial charge >= 0.3 is 18.2 Å². The van der Waals surface area contributed by atoms with Gasteiger partial charge < -0.3 is 10.1 Å². The second-order valence-corrected chi connectivity index (χ2v) is 8.94. The van der Waals surface area contributed by atoms with Crippen LogP contribution in [0.5, 0.6) is 0 Å². The molecule has 0 saturated heterocycles. The molecule has 3 N–H and O–H groups in total. The van der Waals surface area contributed by atoms with Crippen LogP contribution < -0.4 is 15.4 Å². The van der Waals surface area contributed by atoms with E-state index in [2.05, 4.69) is 5.32 Å². The second kappa shape index (κ2) is 9.43. The molecule has 1 aromatic rings. The Morgan fingerprint density at radius 3 is 2.27 bits per heavy atom. The van der Waals surface area contributed by atoms with Crippen LogP contribution >= 0.6 is 0 Å². The molecule has 0 saturated carbocycles. The molecule has 0 aliphatic heterocycles. The zero-order chi connectivity index (χ0) is 23.3. The van der Waals surface area contributed by atoms with Crippen LogP contribution in [-0.2, 0) is 30.5 Å². The molecule has 0 spiro atoms. The first-order valence-corrected chi connectivity index (χ1v) is 9.99. The number of urea groups is 1. The highest BCUT2D eigenvalue weighted by molar-refractivity contribution is 7.89. The molecular weight excluding hydrogens is 431 g/mol. The van der Waals surface area contributed by atoms with Crippen LogP contribution in [0.3, 0.4) is 0 Å². The minimum absolute atomic E-state index is 0.414. The Morgan fingerprint density at radius 2 is 1.73 bits per heavy atom. The lowest BCUT2D eigenvalue weighted by atomic mass is 10.1. The maximum Gasteiger partial charge on any atom is 0.416 e. The van der Waals surface area contributed by atoms with Gasteiger partial charge in [-0.3, -0.25) is 14.9 Å². The lowest BCUT2D eigenvalue weighted by Crippen LogP contribution is -2.50. The maximum atomic E-state index is 12.7. The van der Waals surface area contributed by atoms with Crippen LogP contribution in [0.25, 0.3) is 0 Å². The third-order valence-corrected chi connectivity index (χ3v) is 4.68. The fourth-order valence-electron chi connectivity index (χ4n) is 1.95. The Bertz CT molecular complexity index is 910. The number of halogens is 3. The van der Waals surface area contributed by atoms with E-state index in [1.807, 2.05) is 5.32 Å². The summed E-state index contributed by atoms with van der Waals surface area (Å²) >= 11 is 0. The van der Waals surface area contributed by atoms with Gasteiger partial charge in [-0.05, 0) is 45.9 Å². The molecule has 0 radical (unpaired) electrons. The molecule has 0 fully saturated rings. The number of sulfonamides is 1. The van der Waals surface area contributed by atoms with Gasteiger partial charge in [0.15, 0.2) is 6.10 Å². The molecule has 1 aromatic carbocycles. The number of hydrogen-bond acceptors (Lipinski definition) is 6. The van der Waals surface area contributed by atoms with Gasteiger partial charge in [-0.2, -0.15) is 17.9 Å². The van der Waals surface area contributed by atoms with E-state index in [4.69, 9.17) is 4.74 Å². The van der Waals surface area contributed by atoms with Gasteiger partial charge in [-0.1, -0.05) is 6.07 Å². The van der Waals surface area contributed by atoms with E-state index in [0.717, 1.165) is 19.1 Å². The summed E-state index contributed by atoms with van der Waals surface area (Å²) in [5.41, 5.74) is -1.79. The van der Waals surface area contributed by atoms with Crippen molar-refractivity contribution in [3.05, 3.63) is 29.8 Å². The van der Waals surface area contributed by atoms with E-state index in [1.54, 1.807) is 25.5 Å². The lowest BCUT2D eigenvalue weighted by molar-refractivity contribution is -0.153. The van der Waals surface area contributed by atoms with Crippen molar-refractivity contribution in [3.63, 3.8) is 0 Å². The normalized spacial score (nSPS) is 13.3. The van der Waals surface area contributed by atoms with Crippen LogP contribution in [0.2, 0.25) is 0 Å². The number of esters is 1. The first-order chi connectivity index (χ1) is 13.5. The molecule has 0 bridgehead atoms. The maximum absolute atomic E-state index is 12.7. The number of carbonyl (C=O) groups is 3. The Kier molecular flexibility index (Phi) is 7.97. The molecule has 13 heteroatoms. The predicted octanol–water partition coefficient (Wildman–Crippen LogP) is 1.54. The topological polar surface area (TPSA) is 131 Å². The molecule has 0 aliphatic rings. The van der Waals surface area contributed by atoms with Gasteiger partial charge in [0.2, 0.25) is 10.0 Å². The van der Waals surface area contributed by atoms with Gasteiger partial charge in [0, 0.05) is 5.54 Å². The SMILES string of the molecule is CC(OC(=O)CNS(=O)(=O)c1cccc(C(F)(F)F)c1)C(=O)NC(=O)NC(C)(C)C. The zero-order valence-corrected chi connectivity index (χ0v) is 17.4. The molecule has 9 nitrogen and oxygen atoms in total. The zero-order valence-electron chi connectivity index (χ0n) is 16.6. The average Bonchev–Trinajstić information content (AvgIpc) is 2.57. The summed E-state index contributed by atoms with van der Waals surface area (Å²) in [7, 11) is -4.45. The number of rotatable bonds is 6. The first kappa shape index (κ1) is 25.4. The van der Waals surface area contributed by atoms with Gasteiger partial charge in [0.1, 0.15) is 6.54 Å². The van der Waals surface area contributed by atoms with E-state index < -0.39 is 62.8 Å². The summed E-state index contributed by atoms with van der Waals surface area (Å²) in [5.74, 6) is -2.13. The van der Waals surface area contributed by atoms with Crippen molar-refractivity contribution in [2.75, 3.05) is 6.54 Å². The lowest BCUT2D eigenvalue weighted by Gasteiger charge is -2.21. The number of imide groups is 1. The van der Waals surface area contributed by atoms with Crippen molar-refractivity contribution in [1.29, 1.82) is 0 Å². The summed E-state index contributed by atoms with van der Waals surface area (Å²) in [6, 6.07) is 2.12. The third kappa shape index (κ3) is 8.37. The molecule has 3 amide bonds. The van der Waals surface area contributed by atoms with Crippen molar-refractivity contribution >= 4 is 27.9 Å². The fraction of sp³-hybridized carbons (Fsp3) is 0.471. The molecule has 30 heavy (non-hydrogen) atoms. The van der Waals surface area contributed by atoms with Gasteiger partial charge in [0.25, 0.3) is 5.91 Å². The summed E-state index contributed by atoms with van der Waals surface area (Å²) in [5, 5.41) is 4.40. The Labute approximate surface area is 171 Å². The molecule has 1 unspecified atom stereocenters. The Balaban J connectivity index is 2.65. The number of carbonyl (C=O) groups excluding carboxylic acids is 3. The van der Waals surface area contributed by atoms with Crippen molar-refractivity contribution in [2.24, 2.45) is 0 Å². The molecule has 0 aromatic heterocycles. The van der Waals surface area contributed by atoms with Crippen LogP contribution in [0.15, 0.2) is 29.2 Å². The fourth-order valence-corrected chi connectivity index (χ4v) is 2.97. The summed E-state index contributed by atoms with van der Waals surface area (Å²) < 4.78 is 68.8. The summed E-state index contributed by atoms with van der Waals surface area (Å²) in [6.07, 6.45) is -6.17. The number of amides is 3.